The summed E-state index contributed by atoms with van der Waals surface area (Å²) in [5.41, 5.74) is 2.98. The van der Waals surface area contributed by atoms with Crippen molar-refractivity contribution < 1.29 is 23.9 Å². The maximum Gasteiger partial charge on any atom is 0.419 e. The summed E-state index contributed by atoms with van der Waals surface area (Å²) >= 11 is 0. The summed E-state index contributed by atoms with van der Waals surface area (Å²) in [6.45, 7) is 14.6. The summed E-state index contributed by atoms with van der Waals surface area (Å²) < 4.78 is 14.6. The van der Waals surface area contributed by atoms with Gasteiger partial charge in [-0.3, -0.25) is 19.2 Å². The van der Waals surface area contributed by atoms with Crippen LogP contribution in [0.1, 0.15) is 64.2 Å². The quantitative estimate of drug-likeness (QED) is 0.508. The molecule has 0 saturated carbocycles. The molecule has 41 heavy (non-hydrogen) atoms. The number of hydrogen-bond donors (Lipinski definition) is 1. The van der Waals surface area contributed by atoms with Crippen molar-refractivity contribution in [3.63, 3.8) is 0 Å². The Balaban J connectivity index is 1.32. The van der Waals surface area contributed by atoms with Crippen LogP contribution in [0.3, 0.4) is 0 Å². The summed E-state index contributed by atoms with van der Waals surface area (Å²) in [6.07, 6.45) is 3.21. The van der Waals surface area contributed by atoms with Crippen LogP contribution < -0.4 is 5.32 Å². The smallest absolute Gasteiger partial charge is 0.419 e. The molecule has 5 rings (SSSR count). The van der Waals surface area contributed by atoms with E-state index in [1.165, 1.54) is 4.57 Å². The van der Waals surface area contributed by atoms with Gasteiger partial charge in [0, 0.05) is 74.0 Å². The van der Waals surface area contributed by atoms with E-state index in [0.717, 1.165) is 35.3 Å². The first-order valence-electron chi connectivity index (χ1n) is 14.1. The number of nitrogens with zero attached hydrogens (tertiary/aromatic N) is 5. The Morgan fingerprint density at radius 2 is 1.63 bits per heavy atom. The van der Waals surface area contributed by atoms with Crippen LogP contribution >= 0.6 is 0 Å². The minimum Gasteiger partial charge on any atom is -0.443 e. The van der Waals surface area contributed by atoms with Gasteiger partial charge in [-0.2, -0.15) is 0 Å². The van der Waals surface area contributed by atoms with Crippen molar-refractivity contribution in [3.05, 3.63) is 53.2 Å². The molecule has 1 amide bonds. The van der Waals surface area contributed by atoms with E-state index >= 15 is 0 Å². The van der Waals surface area contributed by atoms with Crippen molar-refractivity contribution in [2.24, 2.45) is 0 Å². The van der Waals surface area contributed by atoms with Crippen LogP contribution in [-0.2, 0) is 40.3 Å². The lowest BCUT2D eigenvalue weighted by molar-refractivity contribution is -0.137. The molecular weight excluding hydrogens is 524 g/mol. The summed E-state index contributed by atoms with van der Waals surface area (Å²) in [4.78, 5) is 47.7. The van der Waals surface area contributed by atoms with Gasteiger partial charge in [-0.15, -0.1) is 0 Å². The zero-order chi connectivity index (χ0) is 29.5. The normalized spacial score (nSPS) is 16.6. The minimum atomic E-state index is -0.661. The number of carbonyl (C=O) groups excluding carboxylic acids is 3. The van der Waals surface area contributed by atoms with Crippen molar-refractivity contribution in [2.45, 2.75) is 78.8 Å². The largest absolute Gasteiger partial charge is 0.443 e. The third kappa shape index (κ3) is 6.46. The summed E-state index contributed by atoms with van der Waals surface area (Å²) in [7, 11) is 0. The molecule has 11 nitrogen and oxygen atoms in total. The zero-order valence-electron chi connectivity index (χ0n) is 24.8. The standard InChI is InChI=1S/C30H40N6O5/c1-29(2,3)40-27(38)35-22(13-20-15-31-9-7-24(20)35)17-33-11-12-34(26(37)19-33)18-23-14-21-16-32-10-8-25(21)36(23)28(39)41-30(4,5)6/h8,10,13-14,16,31H,7,9,11-12,15,17-19H2,1-6H3. The average molecular weight is 565 g/mol. The fraction of sp³-hybridized carbons (Fsp3) is 0.533. The van der Waals surface area contributed by atoms with Gasteiger partial charge >= 0.3 is 12.2 Å². The second kappa shape index (κ2) is 10.9. The molecule has 0 spiro atoms. The van der Waals surface area contributed by atoms with Crippen LogP contribution in [0.4, 0.5) is 9.59 Å². The molecule has 0 atom stereocenters. The van der Waals surface area contributed by atoms with Gasteiger partial charge in [0.25, 0.3) is 0 Å². The van der Waals surface area contributed by atoms with Gasteiger partial charge in [0.05, 0.1) is 18.6 Å². The molecule has 1 saturated heterocycles. The van der Waals surface area contributed by atoms with Crippen LogP contribution in [-0.4, -0.2) is 79.4 Å². The predicted molar refractivity (Wildman–Crippen MR) is 154 cm³/mol. The molecule has 220 valence electrons. The third-order valence-electron chi connectivity index (χ3n) is 7.09. The molecule has 0 unspecified atom stereocenters. The maximum atomic E-state index is 13.4. The molecule has 0 aliphatic carbocycles. The van der Waals surface area contributed by atoms with Crippen molar-refractivity contribution in [2.75, 3.05) is 26.2 Å². The highest BCUT2D eigenvalue weighted by Crippen LogP contribution is 2.26. The van der Waals surface area contributed by atoms with Gasteiger partial charge in [-0.1, -0.05) is 0 Å². The van der Waals surface area contributed by atoms with E-state index < -0.39 is 17.3 Å². The molecular formula is C30H40N6O5. The first kappa shape index (κ1) is 28.8. The summed E-state index contributed by atoms with van der Waals surface area (Å²) in [6, 6.07) is 5.71. The van der Waals surface area contributed by atoms with Crippen LogP contribution in [0, 0.1) is 0 Å². The number of amides is 1. The molecule has 0 radical (unpaired) electrons. The molecule has 11 heteroatoms. The van der Waals surface area contributed by atoms with Gasteiger partial charge in [-0.05, 0) is 65.3 Å². The number of aromatic nitrogens is 3. The van der Waals surface area contributed by atoms with E-state index in [0.29, 0.717) is 37.4 Å². The highest BCUT2D eigenvalue weighted by molar-refractivity contribution is 5.90. The summed E-state index contributed by atoms with van der Waals surface area (Å²) in [5.74, 6) is -0.0443. The Labute approximate surface area is 240 Å². The Bertz CT molecular complexity index is 1470. The Morgan fingerprint density at radius 3 is 2.32 bits per heavy atom. The highest BCUT2D eigenvalue weighted by atomic mass is 16.6. The van der Waals surface area contributed by atoms with E-state index in [-0.39, 0.29) is 25.1 Å². The summed E-state index contributed by atoms with van der Waals surface area (Å²) in [5, 5.41) is 4.17. The number of rotatable bonds is 4. The van der Waals surface area contributed by atoms with Gasteiger partial charge < -0.3 is 19.7 Å². The molecule has 3 aromatic rings. The second-order valence-electron chi connectivity index (χ2n) is 12.8. The molecule has 0 aromatic carbocycles. The highest BCUT2D eigenvalue weighted by Gasteiger charge is 2.31. The Morgan fingerprint density at radius 1 is 0.951 bits per heavy atom. The molecule has 3 aromatic heterocycles. The van der Waals surface area contributed by atoms with Gasteiger partial charge in [0.15, 0.2) is 0 Å². The lowest BCUT2D eigenvalue weighted by Gasteiger charge is -2.34. The average Bonchev–Trinajstić information content (AvgIpc) is 3.41. The van der Waals surface area contributed by atoms with Crippen molar-refractivity contribution in [1.29, 1.82) is 0 Å². The monoisotopic (exact) mass is 564 g/mol. The minimum absolute atomic E-state index is 0.0443. The third-order valence-corrected chi connectivity index (χ3v) is 7.09. The van der Waals surface area contributed by atoms with Crippen LogP contribution in [0.2, 0.25) is 0 Å². The SMILES string of the molecule is CC(C)(C)OC(=O)n1c(CN2CCN(Cc3cc4cnccc4n3C(=O)OC(C)(C)C)C(=O)C2)cc2c1CCNC2. The number of ether oxygens (including phenoxy) is 2. The number of nitrogens with one attached hydrogen (secondary N) is 1. The van der Waals surface area contributed by atoms with Crippen molar-refractivity contribution in [3.8, 4) is 0 Å². The van der Waals surface area contributed by atoms with E-state index in [1.54, 1.807) is 27.9 Å². The number of fused-ring (bicyclic) bond motifs is 2. The first-order valence-corrected chi connectivity index (χ1v) is 14.1. The van der Waals surface area contributed by atoms with Gasteiger partial charge in [-0.25, -0.2) is 14.2 Å². The van der Waals surface area contributed by atoms with E-state index in [9.17, 15) is 14.4 Å². The molecule has 0 bridgehead atoms. The van der Waals surface area contributed by atoms with Crippen molar-refractivity contribution in [1.82, 2.24) is 29.2 Å². The molecule has 5 heterocycles. The Hall–Kier alpha value is -3.70. The first-order chi connectivity index (χ1) is 19.3. The van der Waals surface area contributed by atoms with Crippen LogP contribution in [0.25, 0.3) is 10.9 Å². The maximum absolute atomic E-state index is 13.4. The predicted octanol–water partition coefficient (Wildman–Crippen LogP) is 3.89. The molecule has 1 fully saturated rings. The topological polar surface area (TPSA) is 111 Å². The van der Waals surface area contributed by atoms with E-state index in [2.05, 4.69) is 21.3 Å². The van der Waals surface area contributed by atoms with Gasteiger partial charge in [0.2, 0.25) is 5.91 Å². The molecule has 2 aliphatic heterocycles. The lowest BCUT2D eigenvalue weighted by Crippen LogP contribution is -2.50. The van der Waals surface area contributed by atoms with Gasteiger partial charge in [0.1, 0.15) is 11.2 Å². The second-order valence-corrected chi connectivity index (χ2v) is 12.8. The van der Waals surface area contributed by atoms with Crippen LogP contribution in [0.15, 0.2) is 30.6 Å². The molecule has 1 N–H and O–H groups in total. The fourth-order valence-corrected chi connectivity index (χ4v) is 5.41. The number of hydrogen-bond acceptors (Lipinski definition) is 8. The lowest BCUT2D eigenvalue weighted by atomic mass is 10.1. The van der Waals surface area contributed by atoms with Crippen molar-refractivity contribution >= 4 is 29.0 Å². The van der Waals surface area contributed by atoms with E-state index in [4.69, 9.17) is 9.47 Å². The Kier molecular flexibility index (Phi) is 7.69. The van der Waals surface area contributed by atoms with Crippen LogP contribution in [0.5, 0.6) is 0 Å². The zero-order valence-corrected chi connectivity index (χ0v) is 24.8. The number of carbonyl (C=O) groups is 3. The number of pyridine rings is 1. The number of piperazine rings is 1. The van der Waals surface area contributed by atoms with E-state index in [1.807, 2.05) is 47.6 Å². The molecule has 2 aliphatic rings. The fourth-order valence-electron chi connectivity index (χ4n) is 5.41.